The van der Waals surface area contributed by atoms with Gasteiger partial charge in [0.05, 0.1) is 18.7 Å². The second kappa shape index (κ2) is 7.53. The van der Waals surface area contributed by atoms with E-state index in [1.807, 2.05) is 30.3 Å². The highest BCUT2D eigenvalue weighted by Gasteiger charge is 2.27. The summed E-state index contributed by atoms with van der Waals surface area (Å²) in [7, 11) is 0. The van der Waals surface area contributed by atoms with Crippen LogP contribution in [0.15, 0.2) is 57.7 Å². The highest BCUT2D eigenvalue weighted by molar-refractivity contribution is 5.92. The van der Waals surface area contributed by atoms with E-state index in [0.29, 0.717) is 30.6 Å². The molecule has 1 saturated heterocycles. The quantitative estimate of drug-likeness (QED) is 0.759. The lowest BCUT2D eigenvalue weighted by molar-refractivity contribution is -0.121. The molecular formula is C19H20N4O3. The minimum Gasteiger partial charge on any atom is -0.461 e. The Kier molecular flexibility index (Phi) is 4.79. The molecule has 134 valence electrons. The zero-order valence-corrected chi connectivity index (χ0v) is 14.3. The van der Waals surface area contributed by atoms with E-state index >= 15 is 0 Å². The average molecular weight is 352 g/mol. The molecule has 1 aliphatic rings. The summed E-state index contributed by atoms with van der Waals surface area (Å²) < 4.78 is 10.6. The van der Waals surface area contributed by atoms with Crippen LogP contribution >= 0.6 is 0 Å². The molecule has 3 aromatic rings. The lowest BCUT2D eigenvalue weighted by Gasteiger charge is -2.30. The fourth-order valence-electron chi connectivity index (χ4n) is 3.20. The third-order valence-corrected chi connectivity index (χ3v) is 4.49. The van der Waals surface area contributed by atoms with Crippen molar-refractivity contribution in [1.29, 1.82) is 0 Å². The number of likely N-dealkylation sites (tertiary alicyclic amines) is 1. The molecule has 1 atom stereocenters. The third-order valence-electron chi connectivity index (χ3n) is 4.49. The van der Waals surface area contributed by atoms with Crippen LogP contribution in [0, 0.1) is 5.92 Å². The lowest BCUT2D eigenvalue weighted by Crippen LogP contribution is -2.40. The molecule has 1 fully saturated rings. The van der Waals surface area contributed by atoms with E-state index in [2.05, 4.69) is 20.4 Å². The fraction of sp³-hybridized carbons (Fsp3) is 0.316. The summed E-state index contributed by atoms with van der Waals surface area (Å²) in [6, 6.07) is 13.1. The summed E-state index contributed by atoms with van der Waals surface area (Å²) in [6.45, 7) is 2.12. The summed E-state index contributed by atoms with van der Waals surface area (Å²) in [5.41, 5.74) is 0.828. The van der Waals surface area contributed by atoms with Crippen molar-refractivity contribution in [3.8, 4) is 11.6 Å². The third kappa shape index (κ3) is 3.83. The number of furan rings is 1. The fourth-order valence-corrected chi connectivity index (χ4v) is 3.20. The van der Waals surface area contributed by atoms with Crippen LogP contribution in [0.4, 0.5) is 5.69 Å². The molecule has 1 aliphatic heterocycles. The van der Waals surface area contributed by atoms with Gasteiger partial charge >= 0.3 is 0 Å². The second-order valence-corrected chi connectivity index (χ2v) is 6.42. The van der Waals surface area contributed by atoms with Gasteiger partial charge in [-0.2, -0.15) is 4.98 Å². The topological polar surface area (TPSA) is 84.4 Å². The van der Waals surface area contributed by atoms with Crippen molar-refractivity contribution in [2.75, 3.05) is 18.4 Å². The smallest absolute Gasteiger partial charge is 0.241 e. The van der Waals surface area contributed by atoms with E-state index < -0.39 is 0 Å². The van der Waals surface area contributed by atoms with Crippen LogP contribution in [-0.2, 0) is 11.3 Å². The first-order valence-corrected chi connectivity index (χ1v) is 8.72. The first kappa shape index (κ1) is 16.5. The minimum absolute atomic E-state index is 0.0450. The van der Waals surface area contributed by atoms with Gasteiger partial charge in [0.2, 0.25) is 17.6 Å². The first-order valence-electron chi connectivity index (χ1n) is 8.72. The zero-order valence-electron chi connectivity index (χ0n) is 14.3. The summed E-state index contributed by atoms with van der Waals surface area (Å²) >= 11 is 0. The Morgan fingerprint density at radius 2 is 2.12 bits per heavy atom. The molecule has 0 saturated carbocycles. The van der Waals surface area contributed by atoms with Crippen molar-refractivity contribution in [3.05, 3.63) is 54.6 Å². The second-order valence-electron chi connectivity index (χ2n) is 6.42. The molecule has 1 N–H and O–H groups in total. The van der Waals surface area contributed by atoms with Crippen molar-refractivity contribution in [3.63, 3.8) is 0 Å². The van der Waals surface area contributed by atoms with Crippen molar-refractivity contribution in [1.82, 2.24) is 15.0 Å². The maximum Gasteiger partial charge on any atom is 0.241 e. The molecule has 3 heterocycles. The van der Waals surface area contributed by atoms with E-state index in [4.69, 9.17) is 8.94 Å². The minimum atomic E-state index is -0.0450. The summed E-state index contributed by atoms with van der Waals surface area (Å²) in [5.74, 6) is 1.57. The van der Waals surface area contributed by atoms with Gasteiger partial charge < -0.3 is 14.3 Å². The van der Waals surface area contributed by atoms with Crippen LogP contribution in [0.2, 0.25) is 0 Å². The predicted molar refractivity (Wildman–Crippen MR) is 95.1 cm³/mol. The Hall–Kier alpha value is -2.93. The van der Waals surface area contributed by atoms with E-state index in [0.717, 1.165) is 25.1 Å². The number of nitrogens with zero attached hydrogens (tertiary/aromatic N) is 3. The highest BCUT2D eigenvalue weighted by Crippen LogP contribution is 2.21. The predicted octanol–water partition coefficient (Wildman–Crippen LogP) is 3.18. The molecule has 2 aromatic heterocycles. The van der Waals surface area contributed by atoms with Gasteiger partial charge in [-0.05, 0) is 43.7 Å². The monoisotopic (exact) mass is 352 g/mol. The van der Waals surface area contributed by atoms with Crippen LogP contribution < -0.4 is 5.32 Å². The Balaban J connectivity index is 1.35. The van der Waals surface area contributed by atoms with Crippen molar-refractivity contribution < 1.29 is 13.7 Å². The van der Waals surface area contributed by atoms with E-state index in [1.165, 1.54) is 0 Å². The van der Waals surface area contributed by atoms with Gasteiger partial charge in [-0.25, -0.2) is 0 Å². The molecule has 4 rings (SSSR count). The molecule has 7 heteroatoms. The maximum absolute atomic E-state index is 12.5. The van der Waals surface area contributed by atoms with Crippen LogP contribution in [0.3, 0.4) is 0 Å². The van der Waals surface area contributed by atoms with Gasteiger partial charge in [0.25, 0.3) is 0 Å². The number of amides is 1. The Morgan fingerprint density at radius 1 is 1.23 bits per heavy atom. The normalized spacial score (nSPS) is 17.9. The molecule has 1 amide bonds. The number of nitrogens with one attached hydrogen (secondary N) is 1. The number of piperidine rings is 1. The summed E-state index contributed by atoms with van der Waals surface area (Å²) in [4.78, 5) is 19.1. The first-order chi connectivity index (χ1) is 12.8. The maximum atomic E-state index is 12.5. The molecule has 0 aliphatic carbocycles. The number of rotatable bonds is 5. The largest absolute Gasteiger partial charge is 0.461 e. The van der Waals surface area contributed by atoms with Crippen molar-refractivity contribution in [2.24, 2.45) is 5.92 Å². The number of para-hydroxylation sites is 1. The molecule has 1 aromatic carbocycles. The molecule has 26 heavy (non-hydrogen) atoms. The molecular weight excluding hydrogens is 332 g/mol. The van der Waals surface area contributed by atoms with Gasteiger partial charge in [-0.15, -0.1) is 0 Å². The molecule has 0 radical (unpaired) electrons. The van der Waals surface area contributed by atoms with E-state index in [-0.39, 0.29) is 11.8 Å². The Labute approximate surface area is 151 Å². The standard InChI is InChI=1S/C19H20N4O3/c24-19(20-15-7-2-1-3-8-15)14-6-4-10-23(12-14)13-17-21-18(22-26-17)16-9-5-11-25-16/h1-3,5,7-9,11,14H,4,6,10,12-13H2,(H,20,24). The highest BCUT2D eigenvalue weighted by atomic mass is 16.5. The zero-order chi connectivity index (χ0) is 17.8. The number of aromatic nitrogens is 2. The van der Waals surface area contributed by atoms with Crippen LogP contribution in [-0.4, -0.2) is 34.0 Å². The molecule has 7 nitrogen and oxygen atoms in total. The molecule has 0 bridgehead atoms. The van der Waals surface area contributed by atoms with Crippen molar-refractivity contribution in [2.45, 2.75) is 19.4 Å². The van der Waals surface area contributed by atoms with Crippen LogP contribution in [0.1, 0.15) is 18.7 Å². The number of hydrogen-bond donors (Lipinski definition) is 1. The number of anilines is 1. The van der Waals surface area contributed by atoms with Crippen LogP contribution in [0.25, 0.3) is 11.6 Å². The van der Waals surface area contributed by atoms with Gasteiger partial charge in [-0.1, -0.05) is 23.4 Å². The number of carbonyl (C=O) groups excluding carboxylic acids is 1. The number of benzene rings is 1. The van der Waals surface area contributed by atoms with Crippen LogP contribution in [0.5, 0.6) is 0 Å². The van der Waals surface area contributed by atoms with Crippen molar-refractivity contribution >= 4 is 11.6 Å². The SMILES string of the molecule is O=C(Nc1ccccc1)C1CCCN(Cc2nc(-c3ccco3)no2)C1. The van der Waals surface area contributed by atoms with Gasteiger partial charge in [0, 0.05) is 12.2 Å². The Morgan fingerprint density at radius 3 is 2.92 bits per heavy atom. The summed E-state index contributed by atoms with van der Waals surface area (Å²) in [5, 5.41) is 6.94. The van der Waals surface area contributed by atoms with E-state index in [9.17, 15) is 4.79 Å². The van der Waals surface area contributed by atoms with Gasteiger partial charge in [-0.3, -0.25) is 9.69 Å². The van der Waals surface area contributed by atoms with Gasteiger partial charge in [0.1, 0.15) is 0 Å². The Bertz CT molecular complexity index is 845. The lowest BCUT2D eigenvalue weighted by atomic mass is 9.97. The number of carbonyl (C=O) groups is 1. The van der Waals surface area contributed by atoms with E-state index in [1.54, 1.807) is 18.4 Å². The molecule has 1 unspecified atom stereocenters. The van der Waals surface area contributed by atoms with Gasteiger partial charge in [0.15, 0.2) is 5.76 Å². The molecule has 0 spiro atoms. The number of hydrogen-bond acceptors (Lipinski definition) is 6. The average Bonchev–Trinajstić information content (AvgIpc) is 3.34. The summed E-state index contributed by atoms with van der Waals surface area (Å²) in [6.07, 6.45) is 3.43.